The Hall–Kier alpha value is -2.88. The Kier molecular flexibility index (Phi) is 4.66. The first-order chi connectivity index (χ1) is 16.4. The van der Waals surface area contributed by atoms with E-state index in [9.17, 15) is 0 Å². The summed E-state index contributed by atoms with van der Waals surface area (Å²) in [6.07, 6.45) is 10.3. The van der Waals surface area contributed by atoms with E-state index in [1.807, 2.05) is 29.1 Å². The van der Waals surface area contributed by atoms with Gasteiger partial charge in [-0.25, -0.2) is 15.0 Å². The highest BCUT2D eigenvalue weighted by molar-refractivity contribution is 7.99. The average molecular weight is 480 g/mol. The van der Waals surface area contributed by atoms with Gasteiger partial charge in [-0.2, -0.15) is 0 Å². The maximum Gasteiger partial charge on any atom is 0.211 e. The summed E-state index contributed by atoms with van der Waals surface area (Å²) in [7, 11) is 0. The van der Waals surface area contributed by atoms with Crippen LogP contribution in [0.15, 0.2) is 59.0 Å². The first-order valence-corrected chi connectivity index (χ1v) is 12.0. The lowest BCUT2D eigenvalue weighted by atomic mass is 9.73. The van der Waals surface area contributed by atoms with Gasteiger partial charge in [-0.15, -0.1) is 0 Å². The summed E-state index contributed by atoms with van der Waals surface area (Å²) in [6.45, 7) is 1.73. The fourth-order valence-electron chi connectivity index (χ4n) is 5.08. The molecule has 33 heavy (non-hydrogen) atoms. The third kappa shape index (κ3) is 3.34. The second-order valence-electron chi connectivity index (χ2n) is 8.64. The number of nitrogen functional groups attached to an aromatic ring is 1. The molecule has 0 bridgehead atoms. The van der Waals surface area contributed by atoms with Gasteiger partial charge in [0, 0.05) is 60.7 Å². The second kappa shape index (κ2) is 7.86. The molecule has 0 radical (unpaired) electrons. The van der Waals surface area contributed by atoms with Crippen molar-refractivity contribution >= 4 is 40.8 Å². The molecule has 1 aliphatic heterocycles. The smallest absolute Gasteiger partial charge is 0.211 e. The molecule has 0 aromatic carbocycles. The Bertz CT molecular complexity index is 1400. The van der Waals surface area contributed by atoms with Crippen LogP contribution in [-0.4, -0.2) is 37.4 Å². The summed E-state index contributed by atoms with van der Waals surface area (Å²) < 4.78 is 9.85. The summed E-state index contributed by atoms with van der Waals surface area (Å²) in [4.78, 5) is 21.6. The predicted molar refractivity (Wildman–Crippen MR) is 130 cm³/mol. The quantitative estimate of drug-likeness (QED) is 0.457. The summed E-state index contributed by atoms with van der Waals surface area (Å²) in [5.41, 5.74) is 15.7. The molecule has 0 unspecified atom stereocenters. The molecule has 8 nitrogen and oxygen atoms in total. The highest BCUT2D eigenvalue weighted by Crippen LogP contribution is 2.50. The van der Waals surface area contributed by atoms with Gasteiger partial charge in [0.1, 0.15) is 5.82 Å². The molecule has 4 aromatic rings. The summed E-state index contributed by atoms with van der Waals surface area (Å²) in [5.74, 6) is 1.00. The number of hydrogen-bond donors (Lipinski definition) is 2. The molecule has 1 aliphatic carbocycles. The van der Waals surface area contributed by atoms with E-state index in [4.69, 9.17) is 29.4 Å². The van der Waals surface area contributed by atoms with Crippen LogP contribution in [0.1, 0.15) is 31.5 Å². The van der Waals surface area contributed by atoms with Crippen LogP contribution in [0.25, 0.3) is 5.65 Å². The minimum absolute atomic E-state index is 0.0258. The number of aromatic nitrogens is 5. The number of halogens is 1. The second-order valence-corrected chi connectivity index (χ2v) is 10.1. The Morgan fingerprint density at radius 2 is 1.97 bits per heavy atom. The number of anilines is 2. The number of pyridine rings is 2. The third-order valence-corrected chi connectivity index (χ3v) is 8.46. The van der Waals surface area contributed by atoms with Gasteiger partial charge in [-0.1, -0.05) is 29.4 Å². The number of rotatable bonds is 3. The first kappa shape index (κ1) is 19.6. The van der Waals surface area contributed by atoms with Gasteiger partial charge in [-0.05, 0) is 42.4 Å². The van der Waals surface area contributed by atoms with Crippen molar-refractivity contribution in [3.63, 3.8) is 0 Å². The average Bonchev–Trinajstić information content (AvgIpc) is 3.42. The SMILES string of the molecule is [2H]c1cc(Sc2cnc(N3CCC4(CC3)Cc3ncccc3[C@H]4N)n3ccnc23)c(Cl)c(N)n1. The van der Waals surface area contributed by atoms with Gasteiger partial charge in [0.2, 0.25) is 5.95 Å². The summed E-state index contributed by atoms with van der Waals surface area (Å²) in [5, 5.41) is 0.333. The Labute approximate surface area is 201 Å². The molecular formula is C23H23ClN8S. The fraction of sp³-hybridized carbons (Fsp3) is 0.304. The minimum atomic E-state index is 0.0258. The minimum Gasteiger partial charge on any atom is -0.382 e. The molecule has 4 N–H and O–H groups in total. The molecule has 1 fully saturated rings. The van der Waals surface area contributed by atoms with Gasteiger partial charge < -0.3 is 16.4 Å². The number of nitrogens with zero attached hydrogens (tertiary/aromatic N) is 6. The largest absolute Gasteiger partial charge is 0.382 e. The lowest BCUT2D eigenvalue weighted by Gasteiger charge is -2.42. The van der Waals surface area contributed by atoms with E-state index in [1.54, 1.807) is 12.3 Å². The lowest BCUT2D eigenvalue weighted by molar-refractivity contribution is 0.186. The van der Waals surface area contributed by atoms with E-state index in [0.29, 0.717) is 9.92 Å². The van der Waals surface area contributed by atoms with Crippen LogP contribution in [0.2, 0.25) is 5.02 Å². The van der Waals surface area contributed by atoms with Crippen molar-refractivity contribution in [2.24, 2.45) is 11.1 Å². The molecule has 2 aliphatic rings. The van der Waals surface area contributed by atoms with E-state index in [-0.39, 0.29) is 23.4 Å². The van der Waals surface area contributed by atoms with Crippen LogP contribution in [-0.2, 0) is 6.42 Å². The number of fused-ring (bicyclic) bond motifs is 2. The molecule has 10 heteroatoms. The van der Waals surface area contributed by atoms with Crippen LogP contribution in [0, 0.1) is 5.41 Å². The molecule has 1 atom stereocenters. The summed E-state index contributed by atoms with van der Waals surface area (Å²) in [6, 6.07) is 5.72. The molecule has 1 spiro atoms. The van der Waals surface area contributed by atoms with Crippen molar-refractivity contribution in [3.05, 3.63) is 65.4 Å². The Morgan fingerprint density at radius 3 is 2.79 bits per heavy atom. The van der Waals surface area contributed by atoms with E-state index in [2.05, 4.69) is 25.9 Å². The molecule has 6 rings (SSSR count). The first-order valence-electron chi connectivity index (χ1n) is 11.3. The lowest BCUT2D eigenvalue weighted by Crippen LogP contribution is -2.45. The van der Waals surface area contributed by atoms with E-state index in [0.717, 1.165) is 54.5 Å². The van der Waals surface area contributed by atoms with Crippen LogP contribution < -0.4 is 16.4 Å². The topological polar surface area (TPSA) is 111 Å². The van der Waals surface area contributed by atoms with Crippen molar-refractivity contribution < 1.29 is 1.37 Å². The molecule has 5 heterocycles. The van der Waals surface area contributed by atoms with Crippen LogP contribution in [0.4, 0.5) is 11.8 Å². The molecule has 4 aromatic heterocycles. The van der Waals surface area contributed by atoms with E-state index >= 15 is 0 Å². The third-order valence-electron chi connectivity index (χ3n) is 6.90. The predicted octanol–water partition coefficient (Wildman–Crippen LogP) is 3.75. The normalized spacial score (nSPS) is 19.8. The zero-order valence-corrected chi connectivity index (χ0v) is 19.4. The number of hydrogen-bond acceptors (Lipinski definition) is 8. The van der Waals surface area contributed by atoms with Crippen LogP contribution in [0.3, 0.4) is 0 Å². The number of nitrogens with two attached hydrogens (primary N) is 2. The fourth-order valence-corrected chi connectivity index (χ4v) is 6.18. The van der Waals surface area contributed by atoms with Gasteiger partial charge in [0.15, 0.2) is 5.65 Å². The molecule has 168 valence electrons. The molecule has 1 saturated heterocycles. The van der Waals surface area contributed by atoms with Crippen molar-refractivity contribution in [1.29, 1.82) is 0 Å². The van der Waals surface area contributed by atoms with Crippen molar-refractivity contribution in [2.45, 2.75) is 35.1 Å². The highest BCUT2D eigenvalue weighted by atomic mass is 35.5. The zero-order chi connectivity index (χ0) is 23.4. The Balaban J connectivity index is 1.26. The molecule has 0 saturated carbocycles. The molecule has 0 amide bonds. The zero-order valence-electron chi connectivity index (χ0n) is 18.8. The highest BCUT2D eigenvalue weighted by Gasteiger charge is 2.46. The maximum absolute atomic E-state index is 7.85. The number of imidazole rings is 1. The van der Waals surface area contributed by atoms with Gasteiger partial charge in [0.25, 0.3) is 0 Å². The monoisotopic (exact) mass is 479 g/mol. The standard InChI is InChI=1S/C23H23ClN8S/c24-18-16(3-7-28-20(18)26)33-17-13-30-22(32-11-8-29-21(17)32)31-9-4-23(5-10-31)12-15-14(19(23)25)2-1-6-27-15/h1-3,6-8,11,13,19H,4-5,9-10,12,25H2,(H2,26,28)/t19-/m1/s1/i7D. The van der Waals surface area contributed by atoms with Gasteiger partial charge in [0.05, 0.1) is 11.3 Å². The maximum atomic E-state index is 7.85. The van der Waals surface area contributed by atoms with Crippen molar-refractivity contribution in [3.8, 4) is 0 Å². The van der Waals surface area contributed by atoms with Crippen LogP contribution >= 0.6 is 23.4 Å². The summed E-state index contributed by atoms with van der Waals surface area (Å²) >= 11 is 7.72. The Morgan fingerprint density at radius 1 is 1.12 bits per heavy atom. The van der Waals surface area contributed by atoms with Crippen molar-refractivity contribution in [2.75, 3.05) is 23.7 Å². The van der Waals surface area contributed by atoms with E-state index in [1.165, 1.54) is 17.3 Å². The van der Waals surface area contributed by atoms with E-state index < -0.39 is 0 Å². The van der Waals surface area contributed by atoms with Crippen LogP contribution in [0.5, 0.6) is 0 Å². The van der Waals surface area contributed by atoms with Gasteiger partial charge in [-0.3, -0.25) is 9.38 Å². The van der Waals surface area contributed by atoms with Crippen molar-refractivity contribution in [1.82, 2.24) is 24.3 Å². The molecular weight excluding hydrogens is 456 g/mol. The van der Waals surface area contributed by atoms with Gasteiger partial charge >= 0.3 is 0 Å². The number of piperidine rings is 1.